The number of ketones is 1. The van der Waals surface area contributed by atoms with E-state index in [1.54, 1.807) is 12.1 Å². The Hall–Kier alpha value is -0.860. The zero-order valence-corrected chi connectivity index (χ0v) is 11.9. The van der Waals surface area contributed by atoms with Gasteiger partial charge in [0.2, 0.25) is 0 Å². The van der Waals surface area contributed by atoms with Crippen molar-refractivity contribution in [3.8, 4) is 0 Å². The van der Waals surface area contributed by atoms with E-state index in [2.05, 4.69) is 18.7 Å². The van der Waals surface area contributed by atoms with Crippen LogP contribution in [0.2, 0.25) is 5.02 Å². The van der Waals surface area contributed by atoms with Crippen molar-refractivity contribution in [1.82, 2.24) is 4.90 Å². The molecule has 0 bridgehead atoms. The molecular formula is C15H20ClNO. The van der Waals surface area contributed by atoms with E-state index in [0.717, 1.165) is 18.7 Å². The van der Waals surface area contributed by atoms with Crippen molar-refractivity contribution < 1.29 is 4.79 Å². The van der Waals surface area contributed by atoms with Gasteiger partial charge in [0, 0.05) is 23.7 Å². The summed E-state index contributed by atoms with van der Waals surface area (Å²) < 4.78 is 0. The topological polar surface area (TPSA) is 20.3 Å². The largest absolute Gasteiger partial charge is 0.293 e. The van der Waals surface area contributed by atoms with E-state index in [0.29, 0.717) is 16.9 Å². The van der Waals surface area contributed by atoms with Crippen molar-refractivity contribution in [3.63, 3.8) is 0 Å². The normalized spacial score (nSPS) is 26.2. The predicted octanol–water partition coefficient (Wildman–Crippen LogP) is 3.50. The Kier molecular flexibility index (Phi) is 4.08. The van der Waals surface area contributed by atoms with Crippen LogP contribution in [0.5, 0.6) is 0 Å². The molecule has 1 aliphatic heterocycles. The Morgan fingerprint density at radius 2 is 1.72 bits per heavy atom. The second-order valence-corrected chi connectivity index (χ2v) is 5.89. The van der Waals surface area contributed by atoms with Crippen LogP contribution >= 0.6 is 11.6 Å². The van der Waals surface area contributed by atoms with Crippen LogP contribution in [0, 0.1) is 11.8 Å². The van der Waals surface area contributed by atoms with Gasteiger partial charge < -0.3 is 0 Å². The highest BCUT2D eigenvalue weighted by Gasteiger charge is 2.32. The van der Waals surface area contributed by atoms with Crippen LogP contribution in [-0.4, -0.2) is 29.8 Å². The van der Waals surface area contributed by atoms with E-state index < -0.39 is 0 Å². The van der Waals surface area contributed by atoms with Crippen LogP contribution in [0.3, 0.4) is 0 Å². The van der Waals surface area contributed by atoms with Crippen LogP contribution in [-0.2, 0) is 0 Å². The third-order valence-corrected chi connectivity index (χ3v) is 4.32. The first-order valence-electron chi connectivity index (χ1n) is 6.53. The summed E-state index contributed by atoms with van der Waals surface area (Å²) in [4.78, 5) is 14.7. The molecule has 98 valence electrons. The van der Waals surface area contributed by atoms with Gasteiger partial charge in [-0.2, -0.15) is 0 Å². The van der Waals surface area contributed by atoms with Gasteiger partial charge in [0.25, 0.3) is 0 Å². The minimum Gasteiger partial charge on any atom is -0.293 e. The Morgan fingerprint density at radius 3 is 2.22 bits per heavy atom. The molecule has 3 atom stereocenters. The zero-order chi connectivity index (χ0) is 13.3. The number of likely N-dealkylation sites (tertiary alicyclic amines) is 1. The minimum absolute atomic E-state index is 0.0430. The molecule has 2 rings (SSSR count). The van der Waals surface area contributed by atoms with Crippen molar-refractivity contribution >= 4 is 17.4 Å². The van der Waals surface area contributed by atoms with Crippen LogP contribution < -0.4 is 0 Å². The Bertz CT molecular complexity index is 419. The van der Waals surface area contributed by atoms with Gasteiger partial charge in [0.1, 0.15) is 0 Å². The first-order chi connectivity index (χ1) is 8.49. The molecule has 1 heterocycles. The molecule has 1 aliphatic rings. The van der Waals surface area contributed by atoms with Gasteiger partial charge in [-0.3, -0.25) is 9.69 Å². The third-order valence-electron chi connectivity index (χ3n) is 4.07. The Morgan fingerprint density at radius 1 is 1.22 bits per heavy atom. The lowest BCUT2D eigenvalue weighted by molar-refractivity contribution is 0.0861. The maximum Gasteiger partial charge on any atom is 0.179 e. The molecule has 1 aromatic carbocycles. The molecule has 3 heteroatoms. The van der Waals surface area contributed by atoms with Crippen LogP contribution in [0.15, 0.2) is 24.3 Å². The quantitative estimate of drug-likeness (QED) is 0.780. The fourth-order valence-corrected chi connectivity index (χ4v) is 2.64. The van der Waals surface area contributed by atoms with Gasteiger partial charge in [-0.05, 0) is 43.0 Å². The van der Waals surface area contributed by atoms with E-state index in [4.69, 9.17) is 11.6 Å². The van der Waals surface area contributed by atoms with Gasteiger partial charge in [-0.1, -0.05) is 25.4 Å². The van der Waals surface area contributed by atoms with Crippen molar-refractivity contribution in [1.29, 1.82) is 0 Å². The summed E-state index contributed by atoms with van der Waals surface area (Å²) >= 11 is 5.84. The third kappa shape index (κ3) is 2.76. The second kappa shape index (κ2) is 5.41. The summed E-state index contributed by atoms with van der Waals surface area (Å²) in [6.07, 6.45) is 0. The number of hydrogen-bond donors (Lipinski definition) is 0. The van der Waals surface area contributed by atoms with Crippen molar-refractivity contribution in [2.75, 3.05) is 13.1 Å². The Labute approximate surface area is 114 Å². The summed E-state index contributed by atoms with van der Waals surface area (Å²) in [6, 6.07) is 7.13. The monoisotopic (exact) mass is 265 g/mol. The number of hydrogen-bond acceptors (Lipinski definition) is 2. The zero-order valence-electron chi connectivity index (χ0n) is 11.2. The molecular weight excluding hydrogens is 246 g/mol. The summed E-state index contributed by atoms with van der Waals surface area (Å²) in [5, 5.41) is 0.669. The molecule has 0 aromatic heterocycles. The summed E-state index contributed by atoms with van der Waals surface area (Å²) in [5.74, 6) is 1.53. The molecule has 18 heavy (non-hydrogen) atoms. The van der Waals surface area contributed by atoms with Crippen molar-refractivity contribution in [3.05, 3.63) is 34.9 Å². The molecule has 0 aliphatic carbocycles. The van der Waals surface area contributed by atoms with Crippen molar-refractivity contribution in [2.24, 2.45) is 11.8 Å². The standard InChI is InChI=1S/C15H20ClNO/c1-10-8-17(9-11(10)2)12(3)15(18)13-4-6-14(16)7-5-13/h4-7,10-12H,8-9H2,1-3H3. The molecule has 2 nitrogen and oxygen atoms in total. The highest BCUT2D eigenvalue weighted by atomic mass is 35.5. The predicted molar refractivity (Wildman–Crippen MR) is 75.1 cm³/mol. The lowest BCUT2D eigenvalue weighted by atomic mass is 10.0. The SMILES string of the molecule is CC1CN(C(C)C(=O)c2ccc(Cl)cc2)CC1C. The fraction of sp³-hybridized carbons (Fsp3) is 0.533. The van der Waals surface area contributed by atoms with Gasteiger partial charge in [0.15, 0.2) is 5.78 Å². The highest BCUT2D eigenvalue weighted by Crippen LogP contribution is 2.25. The molecule has 0 amide bonds. The van der Waals surface area contributed by atoms with E-state index in [9.17, 15) is 4.79 Å². The number of carbonyl (C=O) groups is 1. The molecule has 3 unspecified atom stereocenters. The van der Waals surface area contributed by atoms with Crippen molar-refractivity contribution in [2.45, 2.75) is 26.8 Å². The lowest BCUT2D eigenvalue weighted by Crippen LogP contribution is -2.37. The average Bonchev–Trinajstić information content (AvgIpc) is 2.69. The second-order valence-electron chi connectivity index (χ2n) is 5.46. The molecule has 1 saturated heterocycles. The number of halogens is 1. The summed E-state index contributed by atoms with van der Waals surface area (Å²) in [6.45, 7) is 8.54. The molecule has 0 radical (unpaired) electrons. The molecule has 0 saturated carbocycles. The molecule has 1 aromatic rings. The van der Waals surface area contributed by atoms with E-state index in [-0.39, 0.29) is 11.8 Å². The van der Waals surface area contributed by atoms with Crippen LogP contribution in [0.4, 0.5) is 0 Å². The van der Waals surface area contributed by atoms with Gasteiger partial charge in [-0.25, -0.2) is 0 Å². The molecule has 0 N–H and O–H groups in total. The number of Topliss-reactive ketones (excluding diaryl/α,β-unsaturated/α-hetero) is 1. The maximum atomic E-state index is 12.4. The van der Waals surface area contributed by atoms with Gasteiger partial charge in [-0.15, -0.1) is 0 Å². The van der Waals surface area contributed by atoms with Crippen LogP contribution in [0.25, 0.3) is 0 Å². The van der Waals surface area contributed by atoms with E-state index in [1.807, 2.05) is 19.1 Å². The van der Waals surface area contributed by atoms with E-state index >= 15 is 0 Å². The fourth-order valence-electron chi connectivity index (χ4n) is 2.51. The minimum atomic E-state index is -0.0430. The number of nitrogens with zero attached hydrogens (tertiary/aromatic N) is 1. The number of benzene rings is 1. The first-order valence-corrected chi connectivity index (χ1v) is 6.90. The average molecular weight is 266 g/mol. The smallest absolute Gasteiger partial charge is 0.179 e. The lowest BCUT2D eigenvalue weighted by Gasteiger charge is -2.23. The van der Waals surface area contributed by atoms with E-state index in [1.165, 1.54) is 0 Å². The highest BCUT2D eigenvalue weighted by molar-refractivity contribution is 6.30. The van der Waals surface area contributed by atoms with Crippen LogP contribution in [0.1, 0.15) is 31.1 Å². The molecule has 1 fully saturated rings. The van der Waals surface area contributed by atoms with Gasteiger partial charge >= 0.3 is 0 Å². The Balaban J connectivity index is 2.07. The van der Waals surface area contributed by atoms with Gasteiger partial charge in [0.05, 0.1) is 6.04 Å². The maximum absolute atomic E-state index is 12.4. The molecule has 0 spiro atoms. The summed E-state index contributed by atoms with van der Waals surface area (Å²) in [5.41, 5.74) is 0.749. The number of rotatable bonds is 3. The first kappa shape index (κ1) is 13.6. The number of carbonyl (C=O) groups excluding carboxylic acids is 1. The summed E-state index contributed by atoms with van der Waals surface area (Å²) in [7, 11) is 0.